The second kappa shape index (κ2) is 4.30. The zero-order valence-corrected chi connectivity index (χ0v) is 10.2. The summed E-state index contributed by atoms with van der Waals surface area (Å²) in [7, 11) is 0. The van der Waals surface area contributed by atoms with E-state index < -0.39 is 0 Å². The van der Waals surface area contributed by atoms with Gasteiger partial charge < -0.3 is 4.74 Å². The largest absolute Gasteiger partial charge is 0.490 e. The smallest absolute Gasteiger partial charge is 0.163 e. The Morgan fingerprint density at radius 3 is 2.67 bits per heavy atom. The van der Waals surface area contributed by atoms with E-state index in [1.165, 1.54) is 10.8 Å². The Labute approximate surface area is 106 Å². The lowest BCUT2D eigenvalue weighted by atomic mass is 9.98. The van der Waals surface area contributed by atoms with E-state index in [9.17, 15) is 4.79 Å². The molecule has 2 heteroatoms. The molecule has 0 fully saturated rings. The second-order valence-electron chi connectivity index (χ2n) is 4.64. The van der Waals surface area contributed by atoms with Crippen molar-refractivity contribution in [1.29, 1.82) is 0 Å². The lowest BCUT2D eigenvalue weighted by Gasteiger charge is -2.22. The standard InChI is InChI=1S/C16H14O2/c1-11-8-15(17)10-16(18-11)14-7-6-12-4-2-3-5-13(12)9-14/h2-9,16H,10H2,1H3. The number of ether oxygens (including phenoxy) is 1. The first-order chi connectivity index (χ1) is 8.72. The van der Waals surface area contributed by atoms with Crippen LogP contribution in [-0.2, 0) is 9.53 Å². The fourth-order valence-corrected chi connectivity index (χ4v) is 2.36. The molecule has 3 rings (SSSR count). The van der Waals surface area contributed by atoms with Gasteiger partial charge in [0.25, 0.3) is 0 Å². The molecule has 18 heavy (non-hydrogen) atoms. The van der Waals surface area contributed by atoms with Gasteiger partial charge in [-0.05, 0) is 29.3 Å². The van der Waals surface area contributed by atoms with Crippen LogP contribution in [-0.4, -0.2) is 5.78 Å². The van der Waals surface area contributed by atoms with E-state index in [0.717, 1.165) is 5.56 Å². The lowest BCUT2D eigenvalue weighted by Crippen LogP contribution is -2.14. The molecule has 0 saturated heterocycles. The van der Waals surface area contributed by atoms with Crippen molar-refractivity contribution in [3.05, 3.63) is 59.9 Å². The van der Waals surface area contributed by atoms with E-state index in [2.05, 4.69) is 24.3 Å². The summed E-state index contributed by atoms with van der Waals surface area (Å²) < 4.78 is 5.73. The average molecular weight is 238 g/mol. The molecule has 1 atom stereocenters. The van der Waals surface area contributed by atoms with E-state index in [1.807, 2.05) is 25.1 Å². The minimum atomic E-state index is -0.146. The highest BCUT2D eigenvalue weighted by Gasteiger charge is 2.21. The highest BCUT2D eigenvalue weighted by Crippen LogP contribution is 2.30. The number of hydrogen-bond donors (Lipinski definition) is 0. The highest BCUT2D eigenvalue weighted by molar-refractivity contribution is 5.91. The van der Waals surface area contributed by atoms with Gasteiger partial charge in [-0.25, -0.2) is 0 Å². The number of carbonyl (C=O) groups excluding carboxylic acids is 1. The molecule has 0 N–H and O–H groups in total. The summed E-state index contributed by atoms with van der Waals surface area (Å²) in [5, 5.41) is 2.38. The maximum Gasteiger partial charge on any atom is 0.163 e. The molecule has 1 heterocycles. The van der Waals surface area contributed by atoms with Gasteiger partial charge in [0, 0.05) is 6.08 Å². The first-order valence-electron chi connectivity index (χ1n) is 6.09. The van der Waals surface area contributed by atoms with Crippen LogP contribution < -0.4 is 0 Å². The highest BCUT2D eigenvalue weighted by atomic mass is 16.5. The summed E-state index contributed by atoms with van der Waals surface area (Å²) in [4.78, 5) is 11.6. The van der Waals surface area contributed by atoms with Crippen LogP contribution in [0.4, 0.5) is 0 Å². The van der Waals surface area contributed by atoms with Crippen molar-refractivity contribution in [2.45, 2.75) is 19.4 Å². The number of benzene rings is 2. The summed E-state index contributed by atoms with van der Waals surface area (Å²) in [6.07, 6.45) is 1.85. The zero-order valence-electron chi connectivity index (χ0n) is 10.2. The minimum Gasteiger partial charge on any atom is -0.490 e. The molecule has 2 aromatic carbocycles. The summed E-state index contributed by atoms with van der Waals surface area (Å²) in [5.41, 5.74) is 1.06. The predicted octanol–water partition coefficient (Wildman–Crippen LogP) is 3.77. The lowest BCUT2D eigenvalue weighted by molar-refractivity contribution is -0.118. The molecule has 0 bridgehead atoms. The molecule has 0 aliphatic carbocycles. The fraction of sp³-hybridized carbons (Fsp3) is 0.188. The van der Waals surface area contributed by atoms with E-state index in [-0.39, 0.29) is 11.9 Å². The van der Waals surface area contributed by atoms with Crippen molar-refractivity contribution in [2.75, 3.05) is 0 Å². The van der Waals surface area contributed by atoms with Crippen molar-refractivity contribution in [2.24, 2.45) is 0 Å². The van der Waals surface area contributed by atoms with Gasteiger partial charge in [-0.1, -0.05) is 36.4 Å². The molecule has 1 unspecified atom stereocenters. The van der Waals surface area contributed by atoms with Gasteiger partial charge in [0.1, 0.15) is 6.10 Å². The van der Waals surface area contributed by atoms with E-state index in [4.69, 9.17) is 4.74 Å². The number of allylic oxidation sites excluding steroid dienone is 2. The summed E-state index contributed by atoms with van der Waals surface area (Å²) >= 11 is 0. The van der Waals surface area contributed by atoms with Crippen LogP contribution in [0.2, 0.25) is 0 Å². The van der Waals surface area contributed by atoms with Crippen molar-refractivity contribution in [3.63, 3.8) is 0 Å². The average Bonchev–Trinajstić information content (AvgIpc) is 2.37. The van der Waals surface area contributed by atoms with Crippen LogP contribution in [0.15, 0.2) is 54.3 Å². The minimum absolute atomic E-state index is 0.136. The molecule has 0 saturated carbocycles. The number of fused-ring (bicyclic) bond motifs is 1. The first kappa shape index (κ1) is 11.0. The van der Waals surface area contributed by atoms with Crippen molar-refractivity contribution < 1.29 is 9.53 Å². The monoisotopic (exact) mass is 238 g/mol. The third kappa shape index (κ3) is 2.02. The van der Waals surface area contributed by atoms with Gasteiger partial charge in [-0.15, -0.1) is 0 Å². The van der Waals surface area contributed by atoms with Crippen molar-refractivity contribution in [3.8, 4) is 0 Å². The predicted molar refractivity (Wildman–Crippen MR) is 71.2 cm³/mol. The summed E-state index contributed by atoms with van der Waals surface area (Å²) in [6.45, 7) is 1.82. The third-order valence-electron chi connectivity index (χ3n) is 3.22. The van der Waals surface area contributed by atoms with Gasteiger partial charge in [-0.3, -0.25) is 4.79 Å². The number of hydrogen-bond acceptors (Lipinski definition) is 2. The quantitative estimate of drug-likeness (QED) is 0.755. The van der Waals surface area contributed by atoms with Crippen LogP contribution >= 0.6 is 0 Å². The molecule has 2 nitrogen and oxygen atoms in total. The number of rotatable bonds is 1. The topological polar surface area (TPSA) is 26.3 Å². The van der Waals surface area contributed by atoms with Gasteiger partial charge in [0.15, 0.2) is 5.78 Å². The Morgan fingerprint density at radius 1 is 1.11 bits per heavy atom. The van der Waals surface area contributed by atoms with Gasteiger partial charge in [0.2, 0.25) is 0 Å². The molecular weight excluding hydrogens is 224 g/mol. The van der Waals surface area contributed by atoms with Crippen molar-refractivity contribution in [1.82, 2.24) is 0 Å². The molecular formula is C16H14O2. The zero-order chi connectivity index (χ0) is 12.5. The van der Waals surface area contributed by atoms with Crippen LogP contribution in [0, 0.1) is 0 Å². The Balaban J connectivity index is 2.00. The summed E-state index contributed by atoms with van der Waals surface area (Å²) in [6, 6.07) is 14.4. The van der Waals surface area contributed by atoms with Crippen LogP contribution in [0.5, 0.6) is 0 Å². The van der Waals surface area contributed by atoms with Gasteiger partial charge in [0.05, 0.1) is 12.2 Å². The maximum atomic E-state index is 11.6. The molecule has 1 aliphatic heterocycles. The molecule has 0 aromatic heterocycles. The molecule has 0 radical (unpaired) electrons. The normalized spacial score (nSPS) is 19.5. The second-order valence-corrected chi connectivity index (χ2v) is 4.64. The van der Waals surface area contributed by atoms with Crippen LogP contribution in [0.25, 0.3) is 10.8 Å². The van der Waals surface area contributed by atoms with Gasteiger partial charge in [-0.2, -0.15) is 0 Å². The van der Waals surface area contributed by atoms with Crippen LogP contribution in [0.3, 0.4) is 0 Å². The Kier molecular flexibility index (Phi) is 2.63. The van der Waals surface area contributed by atoms with E-state index >= 15 is 0 Å². The van der Waals surface area contributed by atoms with Crippen molar-refractivity contribution >= 4 is 16.6 Å². The molecule has 0 spiro atoms. The molecule has 0 amide bonds. The summed E-state index contributed by atoms with van der Waals surface area (Å²) in [5.74, 6) is 0.835. The first-order valence-corrected chi connectivity index (χ1v) is 6.09. The number of carbonyl (C=O) groups is 1. The molecule has 1 aliphatic rings. The van der Waals surface area contributed by atoms with E-state index in [0.29, 0.717) is 12.2 Å². The number of ketones is 1. The Bertz CT molecular complexity index is 640. The molecule has 90 valence electrons. The molecule has 2 aromatic rings. The Hall–Kier alpha value is -2.09. The van der Waals surface area contributed by atoms with E-state index in [1.54, 1.807) is 6.08 Å². The Morgan fingerprint density at radius 2 is 1.89 bits per heavy atom. The van der Waals surface area contributed by atoms with Gasteiger partial charge >= 0.3 is 0 Å². The van der Waals surface area contributed by atoms with Crippen LogP contribution in [0.1, 0.15) is 25.0 Å². The SMILES string of the molecule is CC1=CC(=O)CC(c2ccc3ccccc3c2)O1. The fourth-order valence-electron chi connectivity index (χ4n) is 2.36. The third-order valence-corrected chi connectivity index (χ3v) is 3.22. The maximum absolute atomic E-state index is 11.6.